The number of aromatic nitrogens is 1. The van der Waals surface area contributed by atoms with Crippen molar-refractivity contribution in [3.8, 4) is 0 Å². The van der Waals surface area contributed by atoms with Gasteiger partial charge in [-0.1, -0.05) is 48.5 Å². The number of halogens is 1. The standard InChI is InChI=1S/C24H17FN2O/c25-18-11-13-21-16(14-18)10-12-19(26-21)15-24(17-6-2-1-3-7-17)23(28)20-8-4-5-9-22(20)27-24/h1-14,27H,15H2. The van der Waals surface area contributed by atoms with Gasteiger partial charge in [-0.3, -0.25) is 9.78 Å². The number of hydrogen-bond acceptors (Lipinski definition) is 3. The minimum Gasteiger partial charge on any atom is -0.368 e. The summed E-state index contributed by atoms with van der Waals surface area (Å²) in [7, 11) is 0. The quantitative estimate of drug-likeness (QED) is 0.546. The van der Waals surface area contributed by atoms with Gasteiger partial charge < -0.3 is 5.32 Å². The first-order valence-electron chi connectivity index (χ1n) is 9.18. The number of rotatable bonds is 3. The van der Waals surface area contributed by atoms with Gasteiger partial charge in [-0.15, -0.1) is 0 Å². The first-order valence-corrected chi connectivity index (χ1v) is 9.18. The molecule has 5 rings (SSSR count). The van der Waals surface area contributed by atoms with E-state index < -0.39 is 5.54 Å². The third-order valence-corrected chi connectivity index (χ3v) is 5.33. The second kappa shape index (κ2) is 6.27. The average molecular weight is 368 g/mol. The number of carbonyl (C=O) groups is 1. The number of benzene rings is 3. The lowest BCUT2D eigenvalue weighted by Gasteiger charge is -2.29. The number of anilines is 1. The molecule has 0 fully saturated rings. The van der Waals surface area contributed by atoms with Crippen molar-refractivity contribution in [1.29, 1.82) is 0 Å². The van der Waals surface area contributed by atoms with Gasteiger partial charge >= 0.3 is 0 Å². The molecule has 136 valence electrons. The van der Waals surface area contributed by atoms with Crippen LogP contribution in [0.3, 0.4) is 0 Å². The second-order valence-corrected chi connectivity index (χ2v) is 7.09. The van der Waals surface area contributed by atoms with Gasteiger partial charge in [0.2, 0.25) is 0 Å². The van der Waals surface area contributed by atoms with Gasteiger partial charge in [0, 0.05) is 28.8 Å². The highest BCUT2D eigenvalue weighted by Crippen LogP contribution is 2.41. The largest absolute Gasteiger partial charge is 0.368 e. The Hall–Kier alpha value is -3.53. The van der Waals surface area contributed by atoms with Crippen molar-refractivity contribution in [1.82, 2.24) is 4.98 Å². The molecule has 4 heteroatoms. The highest BCUT2D eigenvalue weighted by atomic mass is 19.1. The Labute approximate surface area is 161 Å². The number of hydrogen-bond donors (Lipinski definition) is 1. The summed E-state index contributed by atoms with van der Waals surface area (Å²) in [5, 5.41) is 4.21. The van der Waals surface area contributed by atoms with Crippen LogP contribution >= 0.6 is 0 Å². The first-order chi connectivity index (χ1) is 13.7. The number of Topliss-reactive ketones (excluding diaryl/α,β-unsaturated/α-hetero) is 1. The average Bonchev–Trinajstić information content (AvgIpc) is 3.02. The molecule has 2 heterocycles. The molecule has 1 aliphatic rings. The summed E-state index contributed by atoms with van der Waals surface area (Å²) in [5.74, 6) is -0.249. The lowest BCUT2D eigenvalue weighted by atomic mass is 9.81. The fraction of sp³-hybridized carbons (Fsp3) is 0.0833. The van der Waals surface area contributed by atoms with Crippen molar-refractivity contribution in [3.05, 3.63) is 108 Å². The van der Waals surface area contributed by atoms with Crippen LogP contribution < -0.4 is 5.32 Å². The van der Waals surface area contributed by atoms with Gasteiger partial charge in [-0.25, -0.2) is 4.39 Å². The van der Waals surface area contributed by atoms with Crippen molar-refractivity contribution in [2.24, 2.45) is 0 Å². The lowest BCUT2D eigenvalue weighted by Crippen LogP contribution is -2.41. The molecule has 1 N–H and O–H groups in total. The smallest absolute Gasteiger partial charge is 0.195 e. The molecule has 0 aliphatic carbocycles. The summed E-state index contributed by atoms with van der Waals surface area (Å²) in [5.41, 5.74) is 3.00. The summed E-state index contributed by atoms with van der Waals surface area (Å²) in [6.07, 6.45) is 0.401. The number of nitrogens with one attached hydrogen (secondary N) is 1. The van der Waals surface area contributed by atoms with E-state index in [2.05, 4.69) is 10.3 Å². The Balaban J connectivity index is 1.63. The van der Waals surface area contributed by atoms with Crippen LogP contribution in [-0.4, -0.2) is 10.8 Å². The molecular formula is C24H17FN2O. The molecule has 0 radical (unpaired) electrons. The second-order valence-electron chi connectivity index (χ2n) is 7.09. The highest BCUT2D eigenvalue weighted by molar-refractivity contribution is 6.13. The van der Waals surface area contributed by atoms with Gasteiger partial charge in [0.15, 0.2) is 5.78 Å². The van der Waals surface area contributed by atoms with E-state index in [-0.39, 0.29) is 11.6 Å². The zero-order chi connectivity index (χ0) is 19.1. The van der Waals surface area contributed by atoms with Gasteiger partial charge in [0.25, 0.3) is 0 Å². The van der Waals surface area contributed by atoms with Crippen LogP contribution in [0.4, 0.5) is 10.1 Å². The molecule has 3 nitrogen and oxygen atoms in total. The van der Waals surface area contributed by atoms with Gasteiger partial charge in [-0.05, 0) is 42.0 Å². The van der Waals surface area contributed by atoms with Crippen molar-refractivity contribution in [2.45, 2.75) is 12.0 Å². The third-order valence-electron chi connectivity index (χ3n) is 5.33. The van der Waals surface area contributed by atoms with E-state index in [4.69, 9.17) is 0 Å². The third kappa shape index (κ3) is 2.57. The predicted octanol–water partition coefficient (Wildman–Crippen LogP) is 5.12. The number of nitrogens with zero attached hydrogens (tertiary/aromatic N) is 1. The maximum Gasteiger partial charge on any atom is 0.195 e. The molecule has 0 bridgehead atoms. The van der Waals surface area contributed by atoms with E-state index in [9.17, 15) is 9.18 Å². The molecule has 0 saturated heterocycles. The Morgan fingerprint density at radius 1 is 0.893 bits per heavy atom. The van der Waals surface area contributed by atoms with E-state index in [0.29, 0.717) is 17.5 Å². The molecule has 0 saturated carbocycles. The van der Waals surface area contributed by atoms with Crippen LogP contribution in [0.1, 0.15) is 21.6 Å². The van der Waals surface area contributed by atoms with Crippen LogP contribution in [0, 0.1) is 5.82 Å². The molecule has 1 aliphatic heterocycles. The highest BCUT2D eigenvalue weighted by Gasteiger charge is 2.46. The summed E-state index contributed by atoms with van der Waals surface area (Å²) in [6.45, 7) is 0. The van der Waals surface area contributed by atoms with Crippen LogP contribution in [0.2, 0.25) is 0 Å². The predicted molar refractivity (Wildman–Crippen MR) is 108 cm³/mol. The van der Waals surface area contributed by atoms with E-state index in [1.807, 2.05) is 66.7 Å². The zero-order valence-electron chi connectivity index (χ0n) is 15.0. The molecule has 1 atom stereocenters. The molecule has 1 aromatic heterocycles. The van der Waals surface area contributed by atoms with Crippen LogP contribution in [0.25, 0.3) is 10.9 Å². The van der Waals surface area contributed by atoms with E-state index >= 15 is 0 Å². The molecule has 0 amide bonds. The fourth-order valence-corrected chi connectivity index (χ4v) is 3.97. The number of pyridine rings is 1. The molecule has 4 aromatic rings. The Morgan fingerprint density at radius 3 is 2.50 bits per heavy atom. The van der Waals surface area contributed by atoms with Crippen molar-refractivity contribution >= 4 is 22.4 Å². The fourth-order valence-electron chi connectivity index (χ4n) is 3.97. The molecular weight excluding hydrogens is 351 g/mol. The number of ketones is 1. The van der Waals surface area contributed by atoms with Crippen molar-refractivity contribution in [3.63, 3.8) is 0 Å². The normalized spacial score (nSPS) is 18.1. The zero-order valence-corrected chi connectivity index (χ0v) is 15.0. The minimum atomic E-state index is -0.911. The van der Waals surface area contributed by atoms with Gasteiger partial charge in [-0.2, -0.15) is 0 Å². The van der Waals surface area contributed by atoms with E-state index in [1.165, 1.54) is 12.1 Å². The Kier molecular flexibility index (Phi) is 3.72. The van der Waals surface area contributed by atoms with Crippen molar-refractivity contribution in [2.75, 3.05) is 5.32 Å². The number of para-hydroxylation sites is 1. The summed E-state index contributed by atoms with van der Waals surface area (Å²) in [6, 6.07) is 25.6. The maximum absolute atomic E-state index is 13.5. The summed E-state index contributed by atoms with van der Waals surface area (Å²) in [4.78, 5) is 18.2. The van der Waals surface area contributed by atoms with Gasteiger partial charge in [0.05, 0.1) is 5.52 Å². The molecule has 28 heavy (non-hydrogen) atoms. The summed E-state index contributed by atoms with van der Waals surface area (Å²) >= 11 is 0. The van der Waals surface area contributed by atoms with E-state index in [0.717, 1.165) is 22.3 Å². The van der Waals surface area contributed by atoms with Crippen molar-refractivity contribution < 1.29 is 9.18 Å². The number of carbonyl (C=O) groups excluding carboxylic acids is 1. The van der Waals surface area contributed by atoms with E-state index in [1.54, 1.807) is 6.07 Å². The summed E-state index contributed by atoms with van der Waals surface area (Å²) < 4.78 is 13.5. The Bertz CT molecular complexity index is 1210. The molecule has 3 aromatic carbocycles. The van der Waals surface area contributed by atoms with Crippen LogP contribution in [0.15, 0.2) is 84.9 Å². The lowest BCUT2D eigenvalue weighted by molar-refractivity contribution is 0.0916. The topological polar surface area (TPSA) is 42.0 Å². The number of fused-ring (bicyclic) bond motifs is 2. The van der Waals surface area contributed by atoms with Crippen LogP contribution in [-0.2, 0) is 12.0 Å². The monoisotopic (exact) mass is 368 g/mol. The van der Waals surface area contributed by atoms with Gasteiger partial charge in [0.1, 0.15) is 11.4 Å². The Morgan fingerprint density at radius 2 is 1.68 bits per heavy atom. The molecule has 1 unspecified atom stereocenters. The SMILES string of the molecule is O=C1c2ccccc2NC1(Cc1ccc2cc(F)ccc2n1)c1ccccc1. The minimum absolute atomic E-state index is 0.0373. The maximum atomic E-state index is 13.5. The van der Waals surface area contributed by atoms with Crippen LogP contribution in [0.5, 0.6) is 0 Å². The molecule has 0 spiro atoms. The first kappa shape index (κ1) is 16.6.